The Hall–Kier alpha value is -0.0400. The fourth-order valence-electron chi connectivity index (χ4n) is 5.00. The first-order valence-electron chi connectivity index (χ1n) is 14.0. The van der Waals surface area contributed by atoms with E-state index < -0.39 is 0 Å². The molecule has 30 heavy (non-hydrogen) atoms. The Morgan fingerprint density at radius 1 is 0.467 bits per heavy atom. The molecule has 0 fully saturated rings. The lowest BCUT2D eigenvalue weighted by Crippen LogP contribution is -2.47. The molecule has 0 rings (SSSR count). The molecular formula is C29H61N. The third-order valence-electron chi connectivity index (χ3n) is 7.29. The molecule has 0 unspecified atom stereocenters. The maximum Gasteiger partial charge on any atom is 0.0158 e. The lowest BCUT2D eigenvalue weighted by Gasteiger charge is -2.43. The van der Waals surface area contributed by atoms with E-state index in [2.05, 4.69) is 53.4 Å². The third-order valence-corrected chi connectivity index (χ3v) is 7.29. The average Bonchev–Trinajstić information content (AvgIpc) is 2.69. The molecule has 0 aromatic rings. The zero-order valence-electron chi connectivity index (χ0n) is 22.6. The Morgan fingerprint density at radius 2 is 0.800 bits per heavy atom. The van der Waals surface area contributed by atoms with Gasteiger partial charge in [-0.1, -0.05) is 131 Å². The zero-order valence-corrected chi connectivity index (χ0v) is 22.6. The van der Waals surface area contributed by atoms with E-state index >= 15 is 0 Å². The molecule has 0 saturated carbocycles. The molecule has 0 radical (unpaired) electrons. The SMILES string of the molecule is CCCCCCCCCCN(CCCCCCCCCC)C(C)(C)CC(C)(C)CC. The number of nitrogens with zero attached hydrogens (tertiary/aromatic N) is 1. The number of hydrogen-bond acceptors (Lipinski definition) is 1. The van der Waals surface area contributed by atoms with Crippen molar-refractivity contribution in [2.24, 2.45) is 5.41 Å². The molecule has 0 bridgehead atoms. The fourth-order valence-corrected chi connectivity index (χ4v) is 5.00. The smallest absolute Gasteiger partial charge is 0.0158 e. The molecule has 0 N–H and O–H groups in total. The summed E-state index contributed by atoms with van der Waals surface area (Å²) in [5.74, 6) is 0. The molecule has 182 valence electrons. The normalized spacial score (nSPS) is 12.8. The van der Waals surface area contributed by atoms with Crippen molar-refractivity contribution in [3.8, 4) is 0 Å². The Morgan fingerprint density at radius 3 is 1.13 bits per heavy atom. The van der Waals surface area contributed by atoms with Gasteiger partial charge in [-0.2, -0.15) is 0 Å². The lowest BCUT2D eigenvalue weighted by atomic mass is 9.77. The molecule has 0 amide bonds. The predicted molar refractivity (Wildman–Crippen MR) is 140 cm³/mol. The van der Waals surface area contributed by atoms with Crippen LogP contribution in [0.1, 0.15) is 164 Å². The Kier molecular flexibility index (Phi) is 18.5. The minimum absolute atomic E-state index is 0.321. The highest BCUT2D eigenvalue weighted by atomic mass is 15.2. The van der Waals surface area contributed by atoms with E-state index in [4.69, 9.17) is 0 Å². The molecule has 0 aliphatic carbocycles. The van der Waals surface area contributed by atoms with Gasteiger partial charge in [-0.15, -0.1) is 0 Å². The van der Waals surface area contributed by atoms with Crippen molar-refractivity contribution < 1.29 is 0 Å². The van der Waals surface area contributed by atoms with Gasteiger partial charge in [0, 0.05) is 5.54 Å². The molecule has 0 spiro atoms. The van der Waals surface area contributed by atoms with Crippen LogP contribution in [-0.4, -0.2) is 23.5 Å². The second kappa shape index (κ2) is 18.5. The minimum Gasteiger partial charge on any atom is -0.298 e. The number of rotatable bonds is 22. The summed E-state index contributed by atoms with van der Waals surface area (Å²) in [7, 11) is 0. The van der Waals surface area contributed by atoms with Crippen LogP contribution in [0.4, 0.5) is 0 Å². The second-order valence-corrected chi connectivity index (χ2v) is 11.4. The predicted octanol–water partition coefficient (Wildman–Crippen LogP) is 10.2. The van der Waals surface area contributed by atoms with Crippen LogP contribution in [0.3, 0.4) is 0 Å². The van der Waals surface area contributed by atoms with Crippen molar-refractivity contribution in [2.75, 3.05) is 13.1 Å². The number of unbranched alkanes of at least 4 members (excludes halogenated alkanes) is 14. The third kappa shape index (κ3) is 16.6. The Labute approximate surface area is 193 Å². The van der Waals surface area contributed by atoms with E-state index in [1.165, 1.54) is 129 Å². The molecule has 0 aliphatic rings. The van der Waals surface area contributed by atoms with Crippen LogP contribution in [0.5, 0.6) is 0 Å². The van der Waals surface area contributed by atoms with Crippen LogP contribution < -0.4 is 0 Å². The van der Waals surface area contributed by atoms with Gasteiger partial charge in [0.25, 0.3) is 0 Å². The summed E-state index contributed by atoms with van der Waals surface area (Å²) in [6.45, 7) is 19.5. The van der Waals surface area contributed by atoms with Gasteiger partial charge < -0.3 is 0 Å². The first kappa shape index (κ1) is 30.0. The highest BCUT2D eigenvalue weighted by Gasteiger charge is 2.32. The van der Waals surface area contributed by atoms with Crippen LogP contribution in [0.15, 0.2) is 0 Å². The van der Waals surface area contributed by atoms with Gasteiger partial charge >= 0.3 is 0 Å². The molecule has 0 heterocycles. The highest BCUT2D eigenvalue weighted by Crippen LogP contribution is 2.34. The maximum absolute atomic E-state index is 2.86. The van der Waals surface area contributed by atoms with Crippen molar-refractivity contribution in [3.63, 3.8) is 0 Å². The first-order valence-corrected chi connectivity index (χ1v) is 14.0. The van der Waals surface area contributed by atoms with Crippen LogP contribution in [0.2, 0.25) is 0 Å². The van der Waals surface area contributed by atoms with E-state index in [0.29, 0.717) is 11.0 Å². The van der Waals surface area contributed by atoms with Gasteiger partial charge in [-0.3, -0.25) is 4.90 Å². The molecule has 0 aromatic heterocycles. The number of hydrogen-bond donors (Lipinski definition) is 0. The van der Waals surface area contributed by atoms with Crippen LogP contribution in [0.25, 0.3) is 0 Å². The monoisotopic (exact) mass is 423 g/mol. The standard InChI is InChI=1S/C29H61N/c1-8-11-13-15-17-19-21-23-25-30(29(6,7)27-28(4,5)10-3)26-24-22-20-18-16-14-12-9-2/h8-27H2,1-7H3. The molecule has 0 aliphatic heterocycles. The van der Waals surface area contributed by atoms with Crippen LogP contribution in [-0.2, 0) is 0 Å². The molecule has 0 atom stereocenters. The summed E-state index contributed by atoms with van der Waals surface area (Å²) in [5.41, 5.74) is 0.766. The molecule has 0 aromatic carbocycles. The second-order valence-electron chi connectivity index (χ2n) is 11.4. The van der Waals surface area contributed by atoms with Gasteiger partial charge in [-0.05, 0) is 51.6 Å². The Bertz CT molecular complexity index is 337. The van der Waals surface area contributed by atoms with E-state index in [1.54, 1.807) is 0 Å². The summed E-state index contributed by atoms with van der Waals surface area (Å²) in [6.07, 6.45) is 25.3. The summed E-state index contributed by atoms with van der Waals surface area (Å²) in [5, 5.41) is 0. The first-order chi connectivity index (χ1) is 14.3. The minimum atomic E-state index is 0.321. The van der Waals surface area contributed by atoms with Gasteiger partial charge in [0.05, 0.1) is 0 Å². The summed E-state index contributed by atoms with van der Waals surface area (Å²) in [4.78, 5) is 2.86. The molecular weight excluding hydrogens is 362 g/mol. The van der Waals surface area contributed by atoms with Crippen molar-refractivity contribution >= 4 is 0 Å². The maximum atomic E-state index is 2.86. The van der Waals surface area contributed by atoms with Crippen LogP contribution >= 0.6 is 0 Å². The van der Waals surface area contributed by atoms with Crippen molar-refractivity contribution in [3.05, 3.63) is 0 Å². The topological polar surface area (TPSA) is 3.24 Å². The molecule has 1 nitrogen and oxygen atoms in total. The van der Waals surface area contributed by atoms with Crippen molar-refractivity contribution in [1.82, 2.24) is 4.90 Å². The van der Waals surface area contributed by atoms with E-state index in [0.717, 1.165) is 0 Å². The van der Waals surface area contributed by atoms with Gasteiger partial charge in [0.1, 0.15) is 0 Å². The van der Waals surface area contributed by atoms with Gasteiger partial charge in [-0.25, -0.2) is 0 Å². The fraction of sp³-hybridized carbons (Fsp3) is 1.00. The lowest BCUT2D eigenvalue weighted by molar-refractivity contribution is 0.0663. The quantitative estimate of drug-likeness (QED) is 0.156. The zero-order chi connectivity index (χ0) is 22.7. The molecule has 1 heteroatoms. The Balaban J connectivity index is 4.34. The summed E-state index contributed by atoms with van der Waals surface area (Å²) in [6, 6.07) is 0. The van der Waals surface area contributed by atoms with Crippen molar-refractivity contribution in [1.29, 1.82) is 0 Å². The van der Waals surface area contributed by atoms with Crippen molar-refractivity contribution in [2.45, 2.75) is 170 Å². The summed E-state index contributed by atoms with van der Waals surface area (Å²) < 4.78 is 0. The van der Waals surface area contributed by atoms with E-state index in [9.17, 15) is 0 Å². The summed E-state index contributed by atoms with van der Waals surface area (Å²) >= 11 is 0. The van der Waals surface area contributed by atoms with E-state index in [-0.39, 0.29) is 0 Å². The highest BCUT2D eigenvalue weighted by molar-refractivity contribution is 4.87. The van der Waals surface area contributed by atoms with Gasteiger partial charge in [0.2, 0.25) is 0 Å². The largest absolute Gasteiger partial charge is 0.298 e. The van der Waals surface area contributed by atoms with Gasteiger partial charge in [0.15, 0.2) is 0 Å². The van der Waals surface area contributed by atoms with E-state index in [1.807, 2.05) is 0 Å². The average molecular weight is 424 g/mol. The van der Waals surface area contributed by atoms with Crippen LogP contribution in [0, 0.1) is 5.41 Å². The molecule has 0 saturated heterocycles.